The highest BCUT2D eigenvalue weighted by molar-refractivity contribution is 6.30. The summed E-state index contributed by atoms with van der Waals surface area (Å²) in [6.07, 6.45) is 0.706. The van der Waals surface area contributed by atoms with Crippen LogP contribution in [0.3, 0.4) is 0 Å². The lowest BCUT2D eigenvalue weighted by Gasteiger charge is -2.22. The molecule has 2 aromatic rings. The molecule has 2 rings (SSSR count). The van der Waals surface area contributed by atoms with Crippen molar-refractivity contribution in [1.82, 2.24) is 4.90 Å². The molecule has 8 heteroatoms. The van der Waals surface area contributed by atoms with Gasteiger partial charge in [-0.05, 0) is 56.3 Å². The number of halogens is 2. The van der Waals surface area contributed by atoms with Gasteiger partial charge in [0.25, 0.3) is 0 Å². The molecule has 0 radical (unpaired) electrons. The number of aryl methyl sites for hydroxylation is 2. The summed E-state index contributed by atoms with van der Waals surface area (Å²) >= 11 is 6.06. The Labute approximate surface area is 194 Å². The van der Waals surface area contributed by atoms with Gasteiger partial charge in [0.2, 0.25) is 0 Å². The Morgan fingerprint density at radius 2 is 1.81 bits per heavy atom. The molecule has 0 aliphatic rings. The molecule has 170 valence electrons. The Hall–Kier alpha value is -2.28. The van der Waals surface area contributed by atoms with E-state index in [0.717, 1.165) is 29.7 Å². The van der Waals surface area contributed by atoms with Gasteiger partial charge in [-0.15, -0.1) is 12.4 Å². The van der Waals surface area contributed by atoms with E-state index in [-0.39, 0.29) is 31.9 Å². The molecule has 1 unspecified atom stereocenters. The fourth-order valence-electron chi connectivity index (χ4n) is 2.99. The van der Waals surface area contributed by atoms with Crippen molar-refractivity contribution in [3.63, 3.8) is 0 Å². The fraction of sp³-hybridized carbons (Fsp3) is 0.391. The number of carbonyl (C=O) groups is 2. The van der Waals surface area contributed by atoms with E-state index in [4.69, 9.17) is 26.2 Å². The predicted molar refractivity (Wildman–Crippen MR) is 123 cm³/mol. The minimum absolute atomic E-state index is 0. The molecule has 0 spiro atoms. The second-order valence-corrected chi connectivity index (χ2v) is 7.75. The SMILES string of the molecule is CN(C)CC(COc1ccccc1CCc1cccc(Cl)c1)OC(=O)CCC(=O)O.Cl. The number of benzene rings is 2. The van der Waals surface area contributed by atoms with Crippen LogP contribution in [0, 0.1) is 0 Å². The van der Waals surface area contributed by atoms with Gasteiger partial charge in [0.1, 0.15) is 18.5 Å². The van der Waals surface area contributed by atoms with Crippen LogP contribution in [0.15, 0.2) is 48.5 Å². The van der Waals surface area contributed by atoms with E-state index in [1.165, 1.54) is 0 Å². The average Bonchev–Trinajstić information content (AvgIpc) is 2.69. The largest absolute Gasteiger partial charge is 0.489 e. The lowest BCUT2D eigenvalue weighted by atomic mass is 10.0. The molecule has 2 aromatic carbocycles. The highest BCUT2D eigenvalue weighted by Crippen LogP contribution is 2.21. The highest BCUT2D eigenvalue weighted by Gasteiger charge is 2.18. The van der Waals surface area contributed by atoms with Crippen LogP contribution in [-0.4, -0.2) is 55.3 Å². The summed E-state index contributed by atoms with van der Waals surface area (Å²) in [4.78, 5) is 24.5. The van der Waals surface area contributed by atoms with Gasteiger partial charge in [-0.3, -0.25) is 9.59 Å². The van der Waals surface area contributed by atoms with E-state index < -0.39 is 18.0 Å². The van der Waals surface area contributed by atoms with Crippen LogP contribution < -0.4 is 4.74 Å². The van der Waals surface area contributed by atoms with Gasteiger partial charge >= 0.3 is 11.9 Å². The quantitative estimate of drug-likeness (QED) is 0.467. The molecule has 0 amide bonds. The number of rotatable bonds is 12. The summed E-state index contributed by atoms with van der Waals surface area (Å²) in [6.45, 7) is 0.661. The zero-order valence-electron chi connectivity index (χ0n) is 17.8. The van der Waals surface area contributed by atoms with Crippen molar-refractivity contribution in [3.05, 3.63) is 64.7 Å². The number of esters is 1. The first kappa shape index (κ1) is 26.8. The molecular formula is C23H29Cl2NO5. The minimum Gasteiger partial charge on any atom is -0.489 e. The van der Waals surface area contributed by atoms with E-state index in [9.17, 15) is 9.59 Å². The lowest BCUT2D eigenvalue weighted by molar-refractivity contribution is -0.153. The third-order valence-electron chi connectivity index (χ3n) is 4.38. The fourth-order valence-corrected chi connectivity index (χ4v) is 3.20. The van der Waals surface area contributed by atoms with Gasteiger partial charge in [0, 0.05) is 11.6 Å². The second-order valence-electron chi connectivity index (χ2n) is 7.32. The first-order chi connectivity index (χ1) is 14.3. The maximum Gasteiger partial charge on any atom is 0.306 e. The zero-order chi connectivity index (χ0) is 21.9. The maximum atomic E-state index is 11.9. The number of likely N-dealkylation sites (N-methyl/N-ethyl adjacent to an activating group) is 1. The standard InChI is InChI=1S/C23H28ClNO5.ClH/c1-25(2)15-20(30-23(28)13-12-22(26)27)16-29-21-9-4-3-7-18(21)11-10-17-6-5-8-19(24)14-17;/h3-9,14,20H,10-13,15-16H2,1-2H3,(H,26,27);1H. The van der Waals surface area contributed by atoms with Crippen molar-refractivity contribution < 1.29 is 24.2 Å². The summed E-state index contributed by atoms with van der Waals surface area (Å²) in [5.41, 5.74) is 2.20. The Morgan fingerprint density at radius 3 is 2.48 bits per heavy atom. The first-order valence-corrected chi connectivity index (χ1v) is 10.2. The number of carbonyl (C=O) groups excluding carboxylic acids is 1. The van der Waals surface area contributed by atoms with E-state index in [1.807, 2.05) is 67.5 Å². The van der Waals surface area contributed by atoms with Crippen LogP contribution in [-0.2, 0) is 27.2 Å². The maximum absolute atomic E-state index is 11.9. The van der Waals surface area contributed by atoms with Crippen LogP contribution in [0.1, 0.15) is 24.0 Å². The van der Waals surface area contributed by atoms with Crippen molar-refractivity contribution >= 4 is 35.9 Å². The van der Waals surface area contributed by atoms with Gasteiger partial charge in [-0.1, -0.05) is 41.9 Å². The summed E-state index contributed by atoms with van der Waals surface area (Å²) < 4.78 is 11.4. The van der Waals surface area contributed by atoms with Crippen molar-refractivity contribution in [1.29, 1.82) is 0 Å². The van der Waals surface area contributed by atoms with Crippen LogP contribution in [0.5, 0.6) is 5.75 Å². The van der Waals surface area contributed by atoms with Gasteiger partial charge < -0.3 is 19.5 Å². The van der Waals surface area contributed by atoms with Crippen LogP contribution in [0.25, 0.3) is 0 Å². The average molecular weight is 470 g/mol. The smallest absolute Gasteiger partial charge is 0.306 e. The van der Waals surface area contributed by atoms with Crippen molar-refractivity contribution in [2.45, 2.75) is 31.8 Å². The zero-order valence-corrected chi connectivity index (χ0v) is 19.3. The molecule has 1 atom stereocenters. The molecule has 0 heterocycles. The van der Waals surface area contributed by atoms with Crippen LogP contribution in [0.4, 0.5) is 0 Å². The third kappa shape index (κ3) is 10.5. The first-order valence-electron chi connectivity index (χ1n) is 9.84. The van der Waals surface area contributed by atoms with E-state index >= 15 is 0 Å². The molecule has 0 fully saturated rings. The highest BCUT2D eigenvalue weighted by atomic mass is 35.5. The van der Waals surface area contributed by atoms with E-state index in [1.54, 1.807) is 0 Å². The molecular weight excluding hydrogens is 441 g/mol. The van der Waals surface area contributed by atoms with Crippen molar-refractivity contribution in [2.24, 2.45) is 0 Å². The number of ether oxygens (including phenoxy) is 2. The number of para-hydroxylation sites is 1. The number of aliphatic carboxylic acids is 1. The topological polar surface area (TPSA) is 76.1 Å². The molecule has 0 saturated carbocycles. The van der Waals surface area contributed by atoms with E-state index in [0.29, 0.717) is 11.6 Å². The van der Waals surface area contributed by atoms with Gasteiger partial charge in [-0.2, -0.15) is 0 Å². The summed E-state index contributed by atoms with van der Waals surface area (Å²) in [5.74, 6) is -0.826. The minimum atomic E-state index is -1.03. The number of carboxylic acids is 1. The molecule has 0 bridgehead atoms. The Bertz CT molecular complexity index is 844. The molecule has 0 aliphatic heterocycles. The summed E-state index contributed by atoms with van der Waals surface area (Å²) in [6, 6.07) is 15.6. The lowest BCUT2D eigenvalue weighted by Crippen LogP contribution is -2.35. The summed E-state index contributed by atoms with van der Waals surface area (Å²) in [5, 5.41) is 9.44. The Kier molecular flexibility index (Phi) is 12.0. The van der Waals surface area contributed by atoms with Crippen molar-refractivity contribution in [2.75, 3.05) is 27.2 Å². The van der Waals surface area contributed by atoms with E-state index in [2.05, 4.69) is 0 Å². The van der Waals surface area contributed by atoms with Crippen LogP contribution >= 0.6 is 24.0 Å². The Balaban J connectivity index is 0.00000480. The molecule has 31 heavy (non-hydrogen) atoms. The number of hydrogen-bond donors (Lipinski definition) is 1. The molecule has 0 aliphatic carbocycles. The van der Waals surface area contributed by atoms with Crippen LogP contribution in [0.2, 0.25) is 5.02 Å². The number of hydrogen-bond acceptors (Lipinski definition) is 5. The van der Waals surface area contributed by atoms with Crippen molar-refractivity contribution in [3.8, 4) is 5.75 Å². The second kappa shape index (κ2) is 13.9. The van der Waals surface area contributed by atoms with Gasteiger partial charge in [0.15, 0.2) is 0 Å². The third-order valence-corrected chi connectivity index (χ3v) is 4.61. The molecule has 0 saturated heterocycles. The molecule has 0 aromatic heterocycles. The van der Waals surface area contributed by atoms with Gasteiger partial charge in [0.05, 0.1) is 12.8 Å². The molecule has 6 nitrogen and oxygen atoms in total. The Morgan fingerprint density at radius 1 is 1.06 bits per heavy atom. The predicted octanol–water partition coefficient (Wildman–Crippen LogP) is 4.26. The monoisotopic (exact) mass is 469 g/mol. The normalized spacial score (nSPS) is 11.5. The summed E-state index contributed by atoms with van der Waals surface area (Å²) in [7, 11) is 3.74. The van der Waals surface area contributed by atoms with Gasteiger partial charge in [-0.25, -0.2) is 0 Å². The molecule has 1 N–H and O–H groups in total. The number of carboxylic acid groups (broad SMARTS) is 1. The number of nitrogens with zero attached hydrogens (tertiary/aromatic N) is 1.